The van der Waals surface area contributed by atoms with E-state index in [4.69, 9.17) is 4.52 Å². The van der Waals surface area contributed by atoms with Gasteiger partial charge in [0.25, 0.3) is 5.56 Å². The van der Waals surface area contributed by atoms with Gasteiger partial charge in [-0.2, -0.15) is 10.1 Å². The Kier molecular flexibility index (Phi) is 4.21. The summed E-state index contributed by atoms with van der Waals surface area (Å²) >= 11 is 0. The molecule has 4 rings (SSSR count). The van der Waals surface area contributed by atoms with Crippen LogP contribution >= 0.6 is 0 Å². The molecule has 2 aromatic heterocycles. The highest BCUT2D eigenvalue weighted by Gasteiger charge is 2.10. The van der Waals surface area contributed by atoms with Crippen LogP contribution in [-0.2, 0) is 11.3 Å². The molecule has 1 amide bonds. The number of hydrogen-bond acceptors (Lipinski definition) is 6. The average molecular weight is 361 g/mol. The average Bonchev–Trinajstić information content (AvgIpc) is 3.11. The van der Waals surface area contributed by atoms with Crippen molar-refractivity contribution in [3.63, 3.8) is 0 Å². The summed E-state index contributed by atoms with van der Waals surface area (Å²) in [6.07, 6.45) is 1.57. The molecule has 0 aliphatic rings. The van der Waals surface area contributed by atoms with E-state index in [0.717, 1.165) is 10.1 Å². The zero-order chi connectivity index (χ0) is 18.8. The third-order valence-electron chi connectivity index (χ3n) is 3.99. The summed E-state index contributed by atoms with van der Waals surface area (Å²) in [6, 6.07) is 14.2. The van der Waals surface area contributed by atoms with Gasteiger partial charge in [0, 0.05) is 23.6 Å². The number of amides is 1. The third-order valence-corrected chi connectivity index (χ3v) is 3.99. The number of fused-ring (bicyclic) bond motifs is 1. The molecule has 0 atom stereocenters. The minimum Gasteiger partial charge on any atom is -0.339 e. The number of carbonyl (C=O) groups is 1. The van der Waals surface area contributed by atoms with Crippen LogP contribution in [0.1, 0.15) is 5.89 Å². The summed E-state index contributed by atoms with van der Waals surface area (Å²) in [6.45, 7) is 1.52. The fourth-order valence-corrected chi connectivity index (χ4v) is 2.73. The summed E-state index contributed by atoms with van der Waals surface area (Å²) in [5.41, 5.74) is 0.971. The first-order valence-electron chi connectivity index (χ1n) is 8.25. The molecular weight excluding hydrogens is 346 g/mol. The Morgan fingerprint density at radius 2 is 2.04 bits per heavy atom. The van der Waals surface area contributed by atoms with E-state index >= 15 is 0 Å². The van der Waals surface area contributed by atoms with Crippen molar-refractivity contribution in [3.8, 4) is 11.4 Å². The van der Waals surface area contributed by atoms with Gasteiger partial charge in [-0.3, -0.25) is 9.59 Å². The molecule has 0 spiro atoms. The maximum absolute atomic E-state index is 12.5. The minimum atomic E-state index is -0.360. The molecule has 0 saturated heterocycles. The number of hydrogen-bond donors (Lipinski definition) is 1. The van der Waals surface area contributed by atoms with E-state index in [2.05, 4.69) is 20.6 Å². The number of nitrogens with one attached hydrogen (secondary N) is 1. The zero-order valence-corrected chi connectivity index (χ0v) is 14.4. The van der Waals surface area contributed by atoms with Gasteiger partial charge in [0.15, 0.2) is 0 Å². The molecule has 0 aliphatic carbocycles. The molecule has 134 valence electrons. The Hall–Kier alpha value is -3.81. The first-order chi connectivity index (χ1) is 13.1. The maximum atomic E-state index is 12.5. The van der Waals surface area contributed by atoms with E-state index in [1.54, 1.807) is 49.5 Å². The first-order valence-corrected chi connectivity index (χ1v) is 8.25. The molecule has 0 saturated carbocycles. The number of aryl methyl sites for hydroxylation is 1. The van der Waals surface area contributed by atoms with Crippen LogP contribution in [0.15, 0.2) is 64.0 Å². The van der Waals surface area contributed by atoms with E-state index in [9.17, 15) is 9.59 Å². The van der Waals surface area contributed by atoms with Crippen LogP contribution in [0.25, 0.3) is 22.2 Å². The molecule has 8 nitrogen and oxygen atoms in total. The SMILES string of the molecule is Cc1nc(-c2cccc(NC(=O)Cn3ncc4ccccc4c3=O)c2)no1. The van der Waals surface area contributed by atoms with Gasteiger partial charge in [-0.25, -0.2) is 4.68 Å². The van der Waals surface area contributed by atoms with E-state index in [0.29, 0.717) is 28.4 Å². The molecule has 0 bridgehead atoms. The molecular formula is C19H15N5O3. The smallest absolute Gasteiger partial charge is 0.275 e. The van der Waals surface area contributed by atoms with Crippen LogP contribution in [0, 0.1) is 6.92 Å². The fourth-order valence-electron chi connectivity index (χ4n) is 2.73. The highest BCUT2D eigenvalue weighted by Crippen LogP contribution is 2.20. The summed E-state index contributed by atoms with van der Waals surface area (Å²) in [4.78, 5) is 29.0. The lowest BCUT2D eigenvalue weighted by atomic mass is 10.2. The lowest BCUT2D eigenvalue weighted by Gasteiger charge is -2.08. The standard InChI is InChI=1S/C19H15N5O3/c1-12-21-18(23-27-12)13-6-4-7-15(9-13)22-17(25)11-24-19(26)16-8-3-2-5-14(16)10-20-24/h2-10H,11H2,1H3,(H,22,25). The van der Waals surface area contributed by atoms with Crippen LogP contribution in [0.5, 0.6) is 0 Å². The van der Waals surface area contributed by atoms with Gasteiger partial charge in [0.05, 0.1) is 11.6 Å². The van der Waals surface area contributed by atoms with Crippen molar-refractivity contribution in [2.45, 2.75) is 13.5 Å². The second-order valence-corrected chi connectivity index (χ2v) is 5.96. The molecule has 4 aromatic rings. The highest BCUT2D eigenvalue weighted by atomic mass is 16.5. The van der Waals surface area contributed by atoms with Crippen molar-refractivity contribution < 1.29 is 9.32 Å². The minimum absolute atomic E-state index is 0.185. The van der Waals surface area contributed by atoms with Gasteiger partial charge >= 0.3 is 0 Å². The predicted octanol–water partition coefficient (Wildman–Crippen LogP) is 2.39. The van der Waals surface area contributed by atoms with Gasteiger partial charge in [-0.15, -0.1) is 0 Å². The van der Waals surface area contributed by atoms with Crippen molar-refractivity contribution in [2.75, 3.05) is 5.32 Å². The number of anilines is 1. The largest absolute Gasteiger partial charge is 0.339 e. The Balaban J connectivity index is 1.53. The summed E-state index contributed by atoms with van der Waals surface area (Å²) < 4.78 is 6.12. The highest BCUT2D eigenvalue weighted by molar-refractivity contribution is 5.91. The molecule has 1 N–H and O–H groups in total. The first kappa shape index (κ1) is 16.6. The van der Waals surface area contributed by atoms with E-state index in [1.807, 2.05) is 12.1 Å². The van der Waals surface area contributed by atoms with Gasteiger partial charge in [-0.1, -0.05) is 35.5 Å². The number of nitrogens with zero attached hydrogens (tertiary/aromatic N) is 4. The van der Waals surface area contributed by atoms with Crippen molar-refractivity contribution in [1.29, 1.82) is 0 Å². The Morgan fingerprint density at radius 1 is 1.19 bits per heavy atom. The molecule has 0 unspecified atom stereocenters. The Morgan fingerprint density at radius 3 is 2.85 bits per heavy atom. The number of aromatic nitrogens is 4. The summed E-state index contributed by atoms with van der Waals surface area (Å²) in [7, 11) is 0. The van der Waals surface area contributed by atoms with Crippen LogP contribution in [0.2, 0.25) is 0 Å². The van der Waals surface area contributed by atoms with E-state index in [1.165, 1.54) is 0 Å². The van der Waals surface area contributed by atoms with E-state index < -0.39 is 0 Å². The molecule has 0 radical (unpaired) electrons. The van der Waals surface area contributed by atoms with Gasteiger partial charge in [0.2, 0.25) is 17.6 Å². The lowest BCUT2D eigenvalue weighted by molar-refractivity contribution is -0.117. The molecule has 2 aromatic carbocycles. The van der Waals surface area contributed by atoms with Crippen LogP contribution in [0.4, 0.5) is 5.69 Å². The van der Waals surface area contributed by atoms with Crippen molar-refractivity contribution in [1.82, 2.24) is 19.9 Å². The van der Waals surface area contributed by atoms with Gasteiger partial charge in [-0.05, 0) is 18.2 Å². The van der Waals surface area contributed by atoms with Gasteiger partial charge in [0.1, 0.15) is 6.54 Å². The van der Waals surface area contributed by atoms with Crippen molar-refractivity contribution in [2.24, 2.45) is 0 Å². The van der Waals surface area contributed by atoms with Crippen LogP contribution < -0.4 is 10.9 Å². The number of carbonyl (C=O) groups excluding carboxylic acids is 1. The topological polar surface area (TPSA) is 103 Å². The normalized spacial score (nSPS) is 10.9. The Labute approximate surface area is 153 Å². The number of benzene rings is 2. The quantitative estimate of drug-likeness (QED) is 0.599. The monoisotopic (exact) mass is 361 g/mol. The second-order valence-electron chi connectivity index (χ2n) is 5.96. The van der Waals surface area contributed by atoms with Crippen LogP contribution in [-0.4, -0.2) is 25.8 Å². The van der Waals surface area contributed by atoms with Gasteiger partial charge < -0.3 is 9.84 Å². The van der Waals surface area contributed by atoms with Crippen LogP contribution in [0.3, 0.4) is 0 Å². The molecule has 2 heterocycles. The fraction of sp³-hybridized carbons (Fsp3) is 0.105. The lowest BCUT2D eigenvalue weighted by Crippen LogP contribution is -2.29. The zero-order valence-electron chi connectivity index (χ0n) is 14.4. The second kappa shape index (κ2) is 6.83. The number of rotatable bonds is 4. The van der Waals surface area contributed by atoms with Crippen molar-refractivity contribution in [3.05, 3.63) is 71.0 Å². The summed E-state index contributed by atoms with van der Waals surface area (Å²) in [5, 5.41) is 11.9. The predicted molar refractivity (Wildman–Crippen MR) is 99.1 cm³/mol. The molecule has 0 fully saturated rings. The van der Waals surface area contributed by atoms with E-state index in [-0.39, 0.29) is 18.0 Å². The Bertz CT molecular complexity index is 1200. The molecule has 0 aliphatic heterocycles. The molecule has 8 heteroatoms. The summed E-state index contributed by atoms with van der Waals surface area (Å²) in [5.74, 6) is 0.540. The molecule has 27 heavy (non-hydrogen) atoms. The third kappa shape index (κ3) is 3.45. The van der Waals surface area contributed by atoms with Crippen molar-refractivity contribution >= 4 is 22.4 Å². The maximum Gasteiger partial charge on any atom is 0.275 e.